The standard InChI is InChI=1S/C15H14ClNO/c1-2-5-13-6-3-4-7-14(13)18-11-12-8-9-15(16)17-10-12/h2-10H,11H2,1H3/b5-2+. The zero-order valence-electron chi connectivity index (χ0n) is 10.1. The van der Waals surface area contributed by atoms with Gasteiger partial charge in [-0.25, -0.2) is 4.98 Å². The maximum Gasteiger partial charge on any atom is 0.129 e. The SMILES string of the molecule is C/C=C/c1ccccc1OCc1ccc(Cl)nc1. The molecule has 0 saturated carbocycles. The third-order valence-corrected chi connectivity index (χ3v) is 2.67. The van der Waals surface area contributed by atoms with Crippen molar-refractivity contribution >= 4 is 17.7 Å². The third-order valence-electron chi connectivity index (χ3n) is 2.45. The van der Waals surface area contributed by atoms with Crippen LogP contribution in [0.15, 0.2) is 48.7 Å². The van der Waals surface area contributed by atoms with Gasteiger partial charge in [-0.05, 0) is 19.1 Å². The zero-order chi connectivity index (χ0) is 12.8. The van der Waals surface area contributed by atoms with Crippen molar-refractivity contribution in [1.82, 2.24) is 4.98 Å². The van der Waals surface area contributed by atoms with E-state index in [1.807, 2.05) is 49.4 Å². The van der Waals surface area contributed by atoms with Crippen LogP contribution in [0, 0.1) is 0 Å². The van der Waals surface area contributed by atoms with Gasteiger partial charge in [-0.3, -0.25) is 0 Å². The maximum absolute atomic E-state index is 5.78. The van der Waals surface area contributed by atoms with Crippen LogP contribution in [-0.4, -0.2) is 4.98 Å². The lowest BCUT2D eigenvalue weighted by molar-refractivity contribution is 0.305. The smallest absolute Gasteiger partial charge is 0.129 e. The number of para-hydroxylation sites is 1. The minimum Gasteiger partial charge on any atom is -0.488 e. The van der Waals surface area contributed by atoms with Crippen LogP contribution in [0.1, 0.15) is 18.1 Å². The van der Waals surface area contributed by atoms with Crippen molar-refractivity contribution in [2.45, 2.75) is 13.5 Å². The van der Waals surface area contributed by atoms with Gasteiger partial charge in [-0.1, -0.05) is 48.0 Å². The molecule has 0 bridgehead atoms. The highest BCUT2D eigenvalue weighted by Gasteiger charge is 2.00. The molecule has 0 unspecified atom stereocenters. The van der Waals surface area contributed by atoms with E-state index in [9.17, 15) is 0 Å². The molecule has 18 heavy (non-hydrogen) atoms. The summed E-state index contributed by atoms with van der Waals surface area (Å²) in [5.41, 5.74) is 2.07. The van der Waals surface area contributed by atoms with Crippen LogP contribution in [0.5, 0.6) is 5.75 Å². The lowest BCUT2D eigenvalue weighted by atomic mass is 10.2. The zero-order valence-corrected chi connectivity index (χ0v) is 10.9. The van der Waals surface area contributed by atoms with Gasteiger partial charge in [-0.2, -0.15) is 0 Å². The molecule has 0 radical (unpaired) electrons. The molecular weight excluding hydrogens is 246 g/mol. The Kier molecular flexibility index (Phi) is 4.37. The van der Waals surface area contributed by atoms with Crippen molar-refractivity contribution in [1.29, 1.82) is 0 Å². The Labute approximate surface area is 112 Å². The molecule has 2 aromatic rings. The highest BCUT2D eigenvalue weighted by Crippen LogP contribution is 2.20. The van der Waals surface area contributed by atoms with E-state index in [1.54, 1.807) is 12.3 Å². The van der Waals surface area contributed by atoms with Crippen molar-refractivity contribution in [2.24, 2.45) is 0 Å². The fraction of sp³-hybridized carbons (Fsp3) is 0.133. The van der Waals surface area contributed by atoms with Gasteiger partial charge in [0.1, 0.15) is 17.5 Å². The van der Waals surface area contributed by atoms with E-state index in [1.165, 1.54) is 0 Å². The van der Waals surface area contributed by atoms with E-state index in [-0.39, 0.29) is 0 Å². The first kappa shape index (κ1) is 12.7. The minimum atomic E-state index is 0.485. The number of ether oxygens (including phenoxy) is 1. The molecule has 0 aliphatic heterocycles. The van der Waals surface area contributed by atoms with E-state index in [4.69, 9.17) is 16.3 Å². The average Bonchev–Trinajstić information content (AvgIpc) is 2.40. The molecule has 2 nitrogen and oxygen atoms in total. The highest BCUT2D eigenvalue weighted by atomic mass is 35.5. The summed E-state index contributed by atoms with van der Waals surface area (Å²) in [5, 5.41) is 0.494. The van der Waals surface area contributed by atoms with Crippen LogP contribution in [0.25, 0.3) is 6.08 Å². The Bertz CT molecular complexity index is 534. The topological polar surface area (TPSA) is 22.1 Å². The first-order valence-corrected chi connectivity index (χ1v) is 6.12. The first-order valence-electron chi connectivity index (χ1n) is 5.74. The van der Waals surface area contributed by atoms with E-state index in [0.29, 0.717) is 11.8 Å². The molecule has 3 heteroatoms. The fourth-order valence-electron chi connectivity index (χ4n) is 1.58. The van der Waals surface area contributed by atoms with Gasteiger partial charge in [0.05, 0.1) is 0 Å². The van der Waals surface area contributed by atoms with Crippen molar-refractivity contribution in [3.05, 3.63) is 65.0 Å². The van der Waals surface area contributed by atoms with Gasteiger partial charge >= 0.3 is 0 Å². The second-order valence-electron chi connectivity index (χ2n) is 3.82. The summed E-state index contributed by atoms with van der Waals surface area (Å²) >= 11 is 5.73. The van der Waals surface area contributed by atoms with Gasteiger partial charge in [0, 0.05) is 17.3 Å². The summed E-state index contributed by atoms with van der Waals surface area (Å²) in [7, 11) is 0. The second kappa shape index (κ2) is 6.22. The number of allylic oxidation sites excluding steroid dienone is 1. The molecule has 1 aromatic heterocycles. The van der Waals surface area contributed by atoms with Gasteiger partial charge < -0.3 is 4.74 Å². The van der Waals surface area contributed by atoms with Crippen LogP contribution in [0.3, 0.4) is 0 Å². The quantitative estimate of drug-likeness (QED) is 0.762. The lowest BCUT2D eigenvalue weighted by Crippen LogP contribution is -1.97. The molecule has 0 N–H and O–H groups in total. The number of hydrogen-bond acceptors (Lipinski definition) is 2. The van der Waals surface area contributed by atoms with E-state index >= 15 is 0 Å². The number of benzene rings is 1. The number of nitrogens with zero attached hydrogens (tertiary/aromatic N) is 1. The maximum atomic E-state index is 5.78. The normalized spacial score (nSPS) is 10.8. The van der Waals surface area contributed by atoms with Crippen molar-refractivity contribution in [3.8, 4) is 5.75 Å². The Morgan fingerprint density at radius 2 is 2.06 bits per heavy atom. The summed E-state index contributed by atoms with van der Waals surface area (Å²) in [4.78, 5) is 4.02. The summed E-state index contributed by atoms with van der Waals surface area (Å²) < 4.78 is 5.78. The van der Waals surface area contributed by atoms with Crippen LogP contribution >= 0.6 is 11.6 Å². The van der Waals surface area contributed by atoms with E-state index in [2.05, 4.69) is 4.98 Å². The molecule has 0 aliphatic rings. The summed E-state index contributed by atoms with van der Waals surface area (Å²) in [5.74, 6) is 0.866. The number of halogens is 1. The van der Waals surface area contributed by atoms with Gasteiger partial charge in [-0.15, -0.1) is 0 Å². The van der Waals surface area contributed by atoms with Crippen LogP contribution in [0.2, 0.25) is 5.15 Å². The van der Waals surface area contributed by atoms with Crippen molar-refractivity contribution < 1.29 is 4.74 Å². The minimum absolute atomic E-state index is 0.485. The van der Waals surface area contributed by atoms with Crippen LogP contribution in [-0.2, 0) is 6.61 Å². The number of rotatable bonds is 4. The van der Waals surface area contributed by atoms with Crippen molar-refractivity contribution in [3.63, 3.8) is 0 Å². The third kappa shape index (κ3) is 3.34. The molecule has 92 valence electrons. The largest absolute Gasteiger partial charge is 0.488 e. The molecule has 0 fully saturated rings. The monoisotopic (exact) mass is 259 g/mol. The molecule has 0 spiro atoms. The molecule has 1 heterocycles. The predicted octanol–water partition coefficient (Wildman–Crippen LogP) is 4.35. The second-order valence-corrected chi connectivity index (χ2v) is 4.20. The predicted molar refractivity (Wildman–Crippen MR) is 74.7 cm³/mol. The Balaban J connectivity index is 2.08. The van der Waals surface area contributed by atoms with E-state index in [0.717, 1.165) is 16.9 Å². The number of hydrogen-bond donors (Lipinski definition) is 0. The van der Waals surface area contributed by atoms with Crippen LogP contribution in [0.4, 0.5) is 0 Å². The molecule has 2 rings (SSSR count). The lowest BCUT2D eigenvalue weighted by Gasteiger charge is -2.09. The summed E-state index contributed by atoms with van der Waals surface area (Å²) in [6.45, 7) is 2.47. The number of pyridine rings is 1. The fourth-order valence-corrected chi connectivity index (χ4v) is 1.69. The van der Waals surface area contributed by atoms with Gasteiger partial charge in [0.15, 0.2) is 0 Å². The Hall–Kier alpha value is -1.80. The molecule has 0 amide bonds. The molecule has 0 aliphatic carbocycles. The highest BCUT2D eigenvalue weighted by molar-refractivity contribution is 6.29. The average molecular weight is 260 g/mol. The first-order chi connectivity index (χ1) is 8.79. The van der Waals surface area contributed by atoms with Gasteiger partial charge in [0.2, 0.25) is 0 Å². The molecule has 0 atom stereocenters. The van der Waals surface area contributed by atoms with Gasteiger partial charge in [0.25, 0.3) is 0 Å². The Morgan fingerprint density at radius 3 is 2.78 bits per heavy atom. The molecule has 1 aromatic carbocycles. The summed E-state index contributed by atoms with van der Waals surface area (Å²) in [6, 6.07) is 11.6. The van der Waals surface area contributed by atoms with Crippen molar-refractivity contribution in [2.75, 3.05) is 0 Å². The molecular formula is C15H14ClNO. The molecule has 0 saturated heterocycles. The summed E-state index contributed by atoms with van der Waals surface area (Å²) in [6.07, 6.45) is 5.74. The van der Waals surface area contributed by atoms with Crippen LogP contribution < -0.4 is 4.74 Å². The van der Waals surface area contributed by atoms with E-state index < -0.39 is 0 Å². The number of aromatic nitrogens is 1. The Morgan fingerprint density at radius 1 is 1.22 bits per heavy atom.